The molecule has 1 atom stereocenters. The first kappa shape index (κ1) is 12.4. The molecule has 3 heteroatoms. The molecule has 0 aliphatic rings. The molecule has 1 unspecified atom stereocenters. The van der Waals surface area contributed by atoms with Crippen molar-refractivity contribution in [1.29, 1.82) is 0 Å². The Labute approximate surface area is 98.4 Å². The molecule has 82 valence electrons. The predicted molar refractivity (Wildman–Crippen MR) is 63.7 cm³/mol. The van der Waals surface area contributed by atoms with Crippen molar-refractivity contribution in [1.82, 2.24) is 0 Å². The van der Waals surface area contributed by atoms with Crippen LogP contribution in [-0.4, -0.2) is 17.5 Å². The molecule has 0 fully saturated rings. The average Bonchev–Trinajstić information content (AvgIpc) is 2.20. The summed E-state index contributed by atoms with van der Waals surface area (Å²) in [5.74, 6) is 0.0634. The van der Waals surface area contributed by atoms with Gasteiger partial charge in [-0.05, 0) is 31.4 Å². The van der Waals surface area contributed by atoms with E-state index in [9.17, 15) is 4.79 Å². The number of benzene rings is 1. The number of ketones is 1. The van der Waals surface area contributed by atoms with Crippen LogP contribution >= 0.6 is 15.9 Å². The summed E-state index contributed by atoms with van der Waals surface area (Å²) >= 11 is 3.45. The van der Waals surface area contributed by atoms with Crippen LogP contribution in [0.3, 0.4) is 0 Å². The van der Waals surface area contributed by atoms with Crippen molar-refractivity contribution in [2.75, 3.05) is 6.61 Å². The summed E-state index contributed by atoms with van der Waals surface area (Å²) in [6, 6.07) is 7.86. The lowest BCUT2D eigenvalue weighted by molar-refractivity contribution is -0.121. The number of aliphatic hydroxyl groups is 1. The maximum Gasteiger partial charge on any atom is 0.133 e. The highest BCUT2D eigenvalue weighted by Crippen LogP contribution is 2.21. The highest BCUT2D eigenvalue weighted by molar-refractivity contribution is 9.10. The summed E-state index contributed by atoms with van der Waals surface area (Å²) in [5, 5.41) is 8.87. The first-order chi connectivity index (χ1) is 7.15. The third kappa shape index (κ3) is 3.76. The number of carbonyl (C=O) groups is 1. The van der Waals surface area contributed by atoms with Gasteiger partial charge in [0.05, 0.1) is 0 Å². The van der Waals surface area contributed by atoms with E-state index in [0.717, 1.165) is 10.0 Å². The molecule has 0 saturated carbocycles. The Kier molecular flexibility index (Phi) is 4.99. The van der Waals surface area contributed by atoms with Crippen molar-refractivity contribution in [3.8, 4) is 0 Å². The minimum Gasteiger partial charge on any atom is -0.396 e. The molecule has 1 aromatic rings. The Bertz CT molecular complexity index is 336. The molecule has 1 aromatic carbocycles. The van der Waals surface area contributed by atoms with Crippen molar-refractivity contribution < 1.29 is 9.90 Å². The molecular formula is C12H15BrO2. The molecule has 0 aromatic heterocycles. The lowest BCUT2D eigenvalue weighted by atomic mass is 9.93. The standard InChI is InChI=1S/C12H15BrO2/c1-9(15)10(6-7-14)8-11-4-2-3-5-12(11)13/h2-5,10,14H,6-8H2,1H3. The minimum absolute atomic E-state index is 0.0642. The van der Waals surface area contributed by atoms with Gasteiger partial charge in [0.15, 0.2) is 0 Å². The Balaban J connectivity index is 2.74. The first-order valence-electron chi connectivity index (χ1n) is 5.00. The van der Waals surface area contributed by atoms with Gasteiger partial charge in [0.25, 0.3) is 0 Å². The van der Waals surface area contributed by atoms with Gasteiger partial charge < -0.3 is 5.11 Å². The zero-order chi connectivity index (χ0) is 11.3. The van der Waals surface area contributed by atoms with Crippen molar-refractivity contribution in [2.24, 2.45) is 5.92 Å². The highest BCUT2D eigenvalue weighted by Gasteiger charge is 2.15. The first-order valence-corrected chi connectivity index (χ1v) is 5.79. The van der Waals surface area contributed by atoms with E-state index in [1.54, 1.807) is 6.92 Å². The molecule has 0 aliphatic heterocycles. The predicted octanol–water partition coefficient (Wildman–Crippen LogP) is 2.58. The number of hydrogen-bond donors (Lipinski definition) is 1. The van der Waals surface area contributed by atoms with E-state index < -0.39 is 0 Å². The monoisotopic (exact) mass is 270 g/mol. The van der Waals surface area contributed by atoms with Crippen LogP contribution in [0, 0.1) is 5.92 Å². The quantitative estimate of drug-likeness (QED) is 0.893. The van der Waals surface area contributed by atoms with Gasteiger partial charge in [0, 0.05) is 17.0 Å². The van der Waals surface area contributed by atoms with Gasteiger partial charge in [-0.1, -0.05) is 34.1 Å². The van der Waals surface area contributed by atoms with Gasteiger partial charge in [-0.2, -0.15) is 0 Å². The van der Waals surface area contributed by atoms with Crippen molar-refractivity contribution in [3.63, 3.8) is 0 Å². The summed E-state index contributed by atoms with van der Waals surface area (Å²) in [5.41, 5.74) is 1.12. The number of hydrogen-bond acceptors (Lipinski definition) is 2. The summed E-state index contributed by atoms with van der Waals surface area (Å²) in [4.78, 5) is 11.3. The second kappa shape index (κ2) is 6.03. The third-order valence-corrected chi connectivity index (χ3v) is 3.25. The van der Waals surface area contributed by atoms with Gasteiger partial charge in [-0.3, -0.25) is 4.79 Å². The van der Waals surface area contributed by atoms with Gasteiger partial charge in [0.2, 0.25) is 0 Å². The van der Waals surface area contributed by atoms with E-state index in [1.165, 1.54) is 0 Å². The zero-order valence-electron chi connectivity index (χ0n) is 8.74. The van der Waals surface area contributed by atoms with E-state index in [-0.39, 0.29) is 18.3 Å². The normalized spacial score (nSPS) is 12.5. The maximum absolute atomic E-state index is 11.3. The number of halogens is 1. The molecule has 0 spiro atoms. The molecule has 0 radical (unpaired) electrons. The summed E-state index contributed by atoms with van der Waals surface area (Å²) in [6.45, 7) is 1.64. The van der Waals surface area contributed by atoms with Crippen LogP contribution in [0.5, 0.6) is 0 Å². The highest BCUT2D eigenvalue weighted by atomic mass is 79.9. The lowest BCUT2D eigenvalue weighted by Gasteiger charge is -2.13. The van der Waals surface area contributed by atoms with E-state index in [2.05, 4.69) is 15.9 Å². The molecular weight excluding hydrogens is 256 g/mol. The third-order valence-electron chi connectivity index (χ3n) is 2.48. The fourth-order valence-corrected chi connectivity index (χ4v) is 1.98. The van der Waals surface area contributed by atoms with Crippen LogP contribution in [0.1, 0.15) is 18.9 Å². The van der Waals surface area contributed by atoms with Crippen LogP contribution in [0.25, 0.3) is 0 Å². The topological polar surface area (TPSA) is 37.3 Å². The maximum atomic E-state index is 11.3. The SMILES string of the molecule is CC(=O)C(CCO)Cc1ccccc1Br. The molecule has 1 rings (SSSR count). The second-order valence-corrected chi connectivity index (χ2v) is 4.47. The molecule has 0 aliphatic carbocycles. The van der Waals surface area contributed by atoms with Crippen LogP contribution < -0.4 is 0 Å². The number of carbonyl (C=O) groups excluding carboxylic acids is 1. The Morgan fingerprint density at radius 3 is 2.67 bits per heavy atom. The van der Waals surface area contributed by atoms with Gasteiger partial charge in [-0.15, -0.1) is 0 Å². The van der Waals surface area contributed by atoms with Crippen LogP contribution in [0.4, 0.5) is 0 Å². The minimum atomic E-state index is -0.0753. The Hall–Kier alpha value is -0.670. The summed E-state index contributed by atoms with van der Waals surface area (Å²) in [6.07, 6.45) is 1.23. The van der Waals surface area contributed by atoms with Crippen molar-refractivity contribution >= 4 is 21.7 Å². The molecule has 15 heavy (non-hydrogen) atoms. The second-order valence-electron chi connectivity index (χ2n) is 3.62. The molecule has 0 saturated heterocycles. The van der Waals surface area contributed by atoms with Crippen LogP contribution in [0.15, 0.2) is 28.7 Å². The molecule has 1 N–H and O–H groups in total. The smallest absolute Gasteiger partial charge is 0.133 e. The molecule has 2 nitrogen and oxygen atoms in total. The molecule has 0 bridgehead atoms. The van der Waals surface area contributed by atoms with E-state index in [1.807, 2.05) is 24.3 Å². The fraction of sp³-hybridized carbons (Fsp3) is 0.417. The zero-order valence-corrected chi connectivity index (χ0v) is 10.3. The average molecular weight is 271 g/mol. The lowest BCUT2D eigenvalue weighted by Crippen LogP contribution is -2.15. The Morgan fingerprint density at radius 1 is 1.47 bits per heavy atom. The van der Waals surface area contributed by atoms with Gasteiger partial charge in [0.1, 0.15) is 5.78 Å². The van der Waals surface area contributed by atoms with Crippen molar-refractivity contribution in [3.05, 3.63) is 34.3 Å². The largest absolute Gasteiger partial charge is 0.396 e. The number of rotatable bonds is 5. The summed E-state index contributed by atoms with van der Waals surface area (Å²) < 4.78 is 1.02. The van der Waals surface area contributed by atoms with E-state index in [4.69, 9.17) is 5.11 Å². The van der Waals surface area contributed by atoms with Crippen LogP contribution in [-0.2, 0) is 11.2 Å². The van der Waals surface area contributed by atoms with Gasteiger partial charge >= 0.3 is 0 Å². The van der Waals surface area contributed by atoms with Crippen LogP contribution in [0.2, 0.25) is 0 Å². The van der Waals surface area contributed by atoms with Gasteiger partial charge in [-0.25, -0.2) is 0 Å². The molecule has 0 heterocycles. The molecule has 0 amide bonds. The number of Topliss-reactive ketones (excluding diaryl/α,β-unsaturated/α-hetero) is 1. The Morgan fingerprint density at radius 2 is 2.13 bits per heavy atom. The van der Waals surface area contributed by atoms with E-state index >= 15 is 0 Å². The fourth-order valence-electron chi connectivity index (χ4n) is 1.53. The summed E-state index contributed by atoms with van der Waals surface area (Å²) in [7, 11) is 0. The van der Waals surface area contributed by atoms with Crippen molar-refractivity contribution in [2.45, 2.75) is 19.8 Å². The number of aliphatic hydroxyl groups excluding tert-OH is 1. The van der Waals surface area contributed by atoms with E-state index in [0.29, 0.717) is 12.8 Å².